The van der Waals surface area contributed by atoms with Gasteiger partial charge in [0, 0.05) is 11.4 Å². The highest BCUT2D eigenvalue weighted by atomic mass is 32.1. The van der Waals surface area contributed by atoms with Crippen LogP contribution in [0.25, 0.3) is 0 Å². The lowest BCUT2D eigenvalue weighted by Crippen LogP contribution is -2.07. The fraction of sp³-hybridized carbons (Fsp3) is 0.389. The Labute approximate surface area is 135 Å². The zero-order valence-electron chi connectivity index (χ0n) is 12.5. The Morgan fingerprint density at radius 2 is 2.00 bits per heavy atom. The van der Waals surface area contributed by atoms with E-state index < -0.39 is 6.10 Å². The number of aliphatic hydroxyl groups is 1. The van der Waals surface area contributed by atoms with Crippen molar-refractivity contribution in [2.75, 3.05) is 11.9 Å². The Morgan fingerprint density at radius 1 is 1.23 bits per heavy atom. The van der Waals surface area contributed by atoms with E-state index in [1.165, 1.54) is 23.3 Å². The SMILES string of the molecule is N#Cc1c(NCCC(O)c2ccccc2)sc2c1CCCC2. The second-order valence-corrected chi connectivity index (χ2v) is 6.77. The smallest absolute Gasteiger partial charge is 0.107 e. The van der Waals surface area contributed by atoms with Gasteiger partial charge in [0.2, 0.25) is 0 Å². The molecule has 3 nitrogen and oxygen atoms in total. The third-order valence-electron chi connectivity index (χ3n) is 4.17. The molecular formula is C18H20N2OS. The molecule has 1 aromatic carbocycles. The average molecular weight is 312 g/mol. The van der Waals surface area contributed by atoms with Crippen LogP contribution >= 0.6 is 11.3 Å². The molecule has 1 atom stereocenters. The van der Waals surface area contributed by atoms with E-state index in [0.29, 0.717) is 13.0 Å². The molecule has 2 N–H and O–H groups in total. The maximum absolute atomic E-state index is 10.2. The standard InChI is InChI=1S/C18H20N2OS/c19-12-15-14-8-4-5-9-17(14)22-18(15)20-11-10-16(21)13-6-2-1-3-7-13/h1-3,6-7,16,20-21H,4-5,8-11H2. The lowest BCUT2D eigenvalue weighted by atomic mass is 9.96. The predicted octanol–water partition coefficient (Wildman–Crippen LogP) is 4.03. The van der Waals surface area contributed by atoms with Crippen LogP contribution in [0, 0.1) is 11.3 Å². The van der Waals surface area contributed by atoms with Gasteiger partial charge in [0.05, 0.1) is 11.7 Å². The van der Waals surface area contributed by atoms with Crippen LogP contribution in [0.3, 0.4) is 0 Å². The summed E-state index contributed by atoms with van der Waals surface area (Å²) in [4.78, 5) is 1.37. The number of anilines is 1. The molecule has 22 heavy (non-hydrogen) atoms. The van der Waals surface area contributed by atoms with Gasteiger partial charge in [-0.1, -0.05) is 30.3 Å². The summed E-state index contributed by atoms with van der Waals surface area (Å²) in [5.41, 5.74) is 3.02. The van der Waals surface area contributed by atoms with Crippen molar-refractivity contribution in [1.82, 2.24) is 0 Å². The van der Waals surface area contributed by atoms with Gasteiger partial charge in [-0.05, 0) is 43.2 Å². The number of rotatable bonds is 5. The molecule has 0 amide bonds. The van der Waals surface area contributed by atoms with Gasteiger partial charge >= 0.3 is 0 Å². The molecule has 0 spiro atoms. The molecule has 4 heteroatoms. The highest BCUT2D eigenvalue weighted by Gasteiger charge is 2.20. The van der Waals surface area contributed by atoms with Crippen molar-refractivity contribution >= 4 is 16.3 Å². The Kier molecular flexibility index (Phi) is 4.77. The molecule has 114 valence electrons. The fourth-order valence-electron chi connectivity index (χ4n) is 2.97. The van der Waals surface area contributed by atoms with Crippen molar-refractivity contribution in [1.29, 1.82) is 5.26 Å². The second-order valence-electron chi connectivity index (χ2n) is 5.67. The Bertz CT molecular complexity index is 672. The molecule has 1 aliphatic rings. The summed E-state index contributed by atoms with van der Waals surface area (Å²) >= 11 is 1.72. The number of hydrogen-bond acceptors (Lipinski definition) is 4. The van der Waals surface area contributed by atoms with Crippen LogP contribution in [0.1, 0.15) is 46.9 Å². The highest BCUT2D eigenvalue weighted by molar-refractivity contribution is 7.16. The van der Waals surface area contributed by atoms with Crippen molar-refractivity contribution in [2.24, 2.45) is 0 Å². The van der Waals surface area contributed by atoms with Gasteiger partial charge in [0.25, 0.3) is 0 Å². The number of fused-ring (bicyclic) bond motifs is 1. The zero-order chi connectivity index (χ0) is 15.4. The minimum absolute atomic E-state index is 0.464. The molecule has 1 aliphatic carbocycles. The summed E-state index contributed by atoms with van der Waals surface area (Å²) in [5, 5.41) is 23.9. The number of aliphatic hydroxyl groups excluding tert-OH is 1. The highest BCUT2D eigenvalue weighted by Crippen LogP contribution is 2.37. The van der Waals surface area contributed by atoms with Crippen LogP contribution in [0.15, 0.2) is 30.3 Å². The van der Waals surface area contributed by atoms with E-state index in [1.54, 1.807) is 11.3 Å². The zero-order valence-corrected chi connectivity index (χ0v) is 13.3. The molecule has 2 aromatic rings. The van der Waals surface area contributed by atoms with Crippen molar-refractivity contribution in [2.45, 2.75) is 38.2 Å². The minimum atomic E-state index is -0.464. The predicted molar refractivity (Wildman–Crippen MR) is 90.2 cm³/mol. The summed E-state index contributed by atoms with van der Waals surface area (Å²) in [5.74, 6) is 0. The first-order valence-electron chi connectivity index (χ1n) is 7.81. The maximum atomic E-state index is 10.2. The molecule has 1 unspecified atom stereocenters. The number of benzene rings is 1. The molecular weight excluding hydrogens is 292 g/mol. The van der Waals surface area contributed by atoms with Crippen LogP contribution < -0.4 is 5.32 Å². The summed E-state index contributed by atoms with van der Waals surface area (Å²) in [6.07, 6.45) is 4.72. The average Bonchev–Trinajstić information content (AvgIpc) is 2.93. The number of hydrogen-bond donors (Lipinski definition) is 2. The molecule has 1 aromatic heterocycles. The number of nitrogens with zero attached hydrogens (tertiary/aromatic N) is 1. The Hall–Kier alpha value is -1.83. The van der Waals surface area contributed by atoms with Crippen LogP contribution in [0.5, 0.6) is 0 Å². The molecule has 3 rings (SSSR count). The molecule has 1 heterocycles. The quantitative estimate of drug-likeness (QED) is 0.876. The molecule has 0 bridgehead atoms. The van der Waals surface area contributed by atoms with Crippen molar-refractivity contribution in [3.05, 3.63) is 51.9 Å². The van der Waals surface area contributed by atoms with Crippen LogP contribution in [0.4, 0.5) is 5.00 Å². The first-order chi connectivity index (χ1) is 10.8. The third-order valence-corrected chi connectivity index (χ3v) is 5.42. The van der Waals surface area contributed by atoms with Gasteiger partial charge in [-0.3, -0.25) is 0 Å². The van der Waals surface area contributed by atoms with Gasteiger partial charge in [-0.2, -0.15) is 5.26 Å². The summed E-state index contributed by atoms with van der Waals surface area (Å²) in [6, 6.07) is 12.1. The minimum Gasteiger partial charge on any atom is -0.388 e. The van der Waals surface area contributed by atoms with E-state index in [-0.39, 0.29) is 0 Å². The normalized spacial score (nSPS) is 14.9. The molecule has 0 saturated heterocycles. The maximum Gasteiger partial charge on any atom is 0.107 e. The lowest BCUT2D eigenvalue weighted by Gasteiger charge is -2.11. The largest absolute Gasteiger partial charge is 0.388 e. The first-order valence-corrected chi connectivity index (χ1v) is 8.62. The van der Waals surface area contributed by atoms with E-state index in [9.17, 15) is 10.4 Å². The van der Waals surface area contributed by atoms with E-state index >= 15 is 0 Å². The van der Waals surface area contributed by atoms with E-state index in [0.717, 1.165) is 29.0 Å². The molecule has 0 fully saturated rings. The summed E-state index contributed by atoms with van der Waals surface area (Å²) < 4.78 is 0. The van der Waals surface area contributed by atoms with E-state index in [2.05, 4.69) is 11.4 Å². The molecule has 0 saturated carbocycles. The van der Waals surface area contributed by atoms with Crippen molar-refractivity contribution in [3.8, 4) is 6.07 Å². The lowest BCUT2D eigenvalue weighted by molar-refractivity contribution is 0.171. The van der Waals surface area contributed by atoms with Crippen molar-refractivity contribution in [3.63, 3.8) is 0 Å². The van der Waals surface area contributed by atoms with Crippen LogP contribution in [0.2, 0.25) is 0 Å². The summed E-state index contributed by atoms with van der Waals surface area (Å²) in [7, 11) is 0. The van der Waals surface area contributed by atoms with Gasteiger partial charge in [0.1, 0.15) is 11.1 Å². The van der Waals surface area contributed by atoms with Gasteiger partial charge < -0.3 is 10.4 Å². The van der Waals surface area contributed by atoms with Gasteiger partial charge in [0.15, 0.2) is 0 Å². The van der Waals surface area contributed by atoms with Crippen molar-refractivity contribution < 1.29 is 5.11 Å². The number of aryl methyl sites for hydroxylation is 1. The number of nitriles is 1. The second kappa shape index (κ2) is 6.95. The monoisotopic (exact) mass is 312 g/mol. The van der Waals surface area contributed by atoms with Gasteiger partial charge in [-0.15, -0.1) is 11.3 Å². The number of nitrogens with one attached hydrogen (secondary N) is 1. The Morgan fingerprint density at radius 3 is 2.77 bits per heavy atom. The Balaban J connectivity index is 1.62. The number of thiophene rings is 1. The van der Waals surface area contributed by atoms with E-state index in [1.807, 2.05) is 30.3 Å². The third kappa shape index (κ3) is 3.16. The van der Waals surface area contributed by atoms with Crippen LogP contribution in [-0.4, -0.2) is 11.7 Å². The fourth-order valence-corrected chi connectivity index (χ4v) is 4.24. The molecule has 0 aliphatic heterocycles. The first kappa shape index (κ1) is 15.1. The molecule has 0 radical (unpaired) electrons. The van der Waals surface area contributed by atoms with Gasteiger partial charge in [-0.25, -0.2) is 0 Å². The topological polar surface area (TPSA) is 56.0 Å². The van der Waals surface area contributed by atoms with Crippen LogP contribution in [-0.2, 0) is 12.8 Å². The van der Waals surface area contributed by atoms with E-state index in [4.69, 9.17) is 0 Å². The summed E-state index contributed by atoms with van der Waals surface area (Å²) in [6.45, 7) is 0.671.